The van der Waals surface area contributed by atoms with Crippen molar-refractivity contribution in [3.63, 3.8) is 0 Å². The number of aryl methyl sites for hydroxylation is 1. The van der Waals surface area contributed by atoms with Gasteiger partial charge in [-0.15, -0.1) is 45.3 Å². The van der Waals surface area contributed by atoms with Gasteiger partial charge in [0.25, 0.3) is 0 Å². The van der Waals surface area contributed by atoms with Crippen molar-refractivity contribution in [2.24, 2.45) is 0 Å². The predicted molar refractivity (Wildman–Crippen MR) is 87.9 cm³/mol. The van der Waals surface area contributed by atoms with Crippen molar-refractivity contribution in [2.45, 2.75) is 6.92 Å². The second-order valence-corrected chi connectivity index (χ2v) is 9.96. The van der Waals surface area contributed by atoms with E-state index in [1.165, 1.54) is 36.0 Å². The SMILES string of the molecule is Cc1cc2sc3c4sc(I)cc4sc3c2s1. The maximum atomic E-state index is 2.42. The highest BCUT2D eigenvalue weighted by molar-refractivity contribution is 14.1. The molecule has 4 aromatic rings. The summed E-state index contributed by atoms with van der Waals surface area (Å²) in [5.41, 5.74) is 0. The van der Waals surface area contributed by atoms with Gasteiger partial charge in [-0.1, -0.05) is 0 Å². The molecule has 0 nitrogen and oxygen atoms in total. The Morgan fingerprint density at radius 3 is 2.19 bits per heavy atom. The summed E-state index contributed by atoms with van der Waals surface area (Å²) in [7, 11) is 0. The van der Waals surface area contributed by atoms with Gasteiger partial charge in [0.15, 0.2) is 0 Å². The molecule has 0 aliphatic carbocycles. The van der Waals surface area contributed by atoms with Crippen LogP contribution in [-0.2, 0) is 0 Å². The van der Waals surface area contributed by atoms with Gasteiger partial charge in [0.2, 0.25) is 0 Å². The van der Waals surface area contributed by atoms with E-state index in [2.05, 4.69) is 41.6 Å². The summed E-state index contributed by atoms with van der Waals surface area (Å²) in [4.78, 5) is 1.43. The first-order valence-electron chi connectivity index (χ1n) is 4.73. The number of hydrogen-bond acceptors (Lipinski definition) is 4. The van der Waals surface area contributed by atoms with Gasteiger partial charge in [-0.05, 0) is 41.6 Å². The lowest BCUT2D eigenvalue weighted by Gasteiger charge is -1.78. The Bertz CT molecular complexity index is 756. The quantitative estimate of drug-likeness (QED) is 0.308. The van der Waals surface area contributed by atoms with Crippen LogP contribution in [0.2, 0.25) is 0 Å². The highest BCUT2D eigenvalue weighted by atomic mass is 127. The molecule has 4 aromatic heterocycles. The van der Waals surface area contributed by atoms with Gasteiger partial charge in [0.05, 0.1) is 21.7 Å². The zero-order valence-corrected chi connectivity index (χ0v) is 13.6. The third-order valence-electron chi connectivity index (χ3n) is 2.53. The van der Waals surface area contributed by atoms with Crippen LogP contribution in [0, 0.1) is 9.81 Å². The fraction of sp³-hybridized carbons (Fsp3) is 0.0909. The maximum absolute atomic E-state index is 2.42. The van der Waals surface area contributed by atoms with Gasteiger partial charge in [0.1, 0.15) is 0 Å². The van der Waals surface area contributed by atoms with Crippen LogP contribution in [-0.4, -0.2) is 0 Å². The monoisotopic (exact) mass is 392 g/mol. The highest BCUT2D eigenvalue weighted by Gasteiger charge is 2.15. The van der Waals surface area contributed by atoms with E-state index in [0.29, 0.717) is 0 Å². The van der Waals surface area contributed by atoms with E-state index >= 15 is 0 Å². The number of thiophene rings is 4. The molecule has 0 bridgehead atoms. The van der Waals surface area contributed by atoms with Crippen LogP contribution in [0.25, 0.3) is 28.2 Å². The molecule has 0 saturated carbocycles. The van der Waals surface area contributed by atoms with Gasteiger partial charge < -0.3 is 0 Å². The molecular weight excluding hydrogens is 387 g/mol. The highest BCUT2D eigenvalue weighted by Crippen LogP contribution is 2.49. The van der Waals surface area contributed by atoms with Gasteiger partial charge in [-0.25, -0.2) is 0 Å². The molecule has 0 saturated heterocycles. The number of rotatable bonds is 0. The van der Waals surface area contributed by atoms with Crippen molar-refractivity contribution in [2.75, 3.05) is 0 Å². The van der Waals surface area contributed by atoms with Gasteiger partial charge in [-0.2, -0.15) is 0 Å². The number of hydrogen-bond donors (Lipinski definition) is 0. The van der Waals surface area contributed by atoms with Crippen LogP contribution in [0.1, 0.15) is 4.88 Å². The van der Waals surface area contributed by atoms with Crippen molar-refractivity contribution in [1.29, 1.82) is 0 Å². The molecule has 0 N–H and O–H groups in total. The molecule has 0 radical (unpaired) electrons. The Kier molecular flexibility index (Phi) is 2.19. The van der Waals surface area contributed by atoms with E-state index in [0.717, 1.165) is 0 Å². The van der Waals surface area contributed by atoms with E-state index in [-0.39, 0.29) is 0 Å². The van der Waals surface area contributed by atoms with E-state index in [9.17, 15) is 0 Å². The lowest BCUT2D eigenvalue weighted by molar-refractivity contribution is 1.66. The van der Waals surface area contributed by atoms with Crippen LogP contribution < -0.4 is 0 Å². The van der Waals surface area contributed by atoms with E-state index in [4.69, 9.17) is 0 Å². The first kappa shape index (κ1) is 10.3. The summed E-state index contributed by atoms with van der Waals surface area (Å²) >= 11 is 10.2. The molecule has 0 aliphatic heterocycles. The normalized spacial score (nSPS) is 12.4. The Morgan fingerprint density at radius 1 is 0.812 bits per heavy atom. The molecule has 0 atom stereocenters. The maximum Gasteiger partial charge on any atom is 0.0674 e. The van der Waals surface area contributed by atoms with Crippen molar-refractivity contribution >= 4 is 96.1 Å². The molecule has 0 amide bonds. The third kappa shape index (κ3) is 1.29. The summed E-state index contributed by atoms with van der Waals surface area (Å²) in [6.07, 6.45) is 0. The average molecular weight is 392 g/mol. The molecule has 0 aliphatic rings. The minimum Gasteiger partial charge on any atom is -0.138 e. The lowest BCUT2D eigenvalue weighted by Crippen LogP contribution is -1.47. The van der Waals surface area contributed by atoms with Crippen LogP contribution in [0.5, 0.6) is 0 Å². The topological polar surface area (TPSA) is 0 Å². The Hall–Kier alpha value is 0.310. The zero-order chi connectivity index (χ0) is 10.9. The first-order valence-corrected chi connectivity index (χ1v) is 9.07. The third-order valence-corrected chi connectivity index (χ3v) is 8.47. The smallest absolute Gasteiger partial charge is 0.0674 e. The van der Waals surface area contributed by atoms with Crippen molar-refractivity contribution < 1.29 is 0 Å². The molecule has 5 heteroatoms. The van der Waals surface area contributed by atoms with Gasteiger partial charge >= 0.3 is 0 Å². The molecule has 0 fully saturated rings. The summed E-state index contributed by atoms with van der Waals surface area (Å²) < 4.78 is 10.3. The Morgan fingerprint density at radius 2 is 1.44 bits per heavy atom. The summed E-state index contributed by atoms with van der Waals surface area (Å²) in [5.74, 6) is 0. The molecule has 0 unspecified atom stereocenters. The number of halogens is 1. The second kappa shape index (κ2) is 3.41. The molecule has 0 spiro atoms. The summed E-state index contributed by atoms with van der Waals surface area (Å²) in [5, 5.41) is 0. The Balaban J connectivity index is 2.28. The van der Waals surface area contributed by atoms with E-state index < -0.39 is 0 Å². The second-order valence-electron chi connectivity index (χ2n) is 3.66. The Labute approximate surface area is 122 Å². The van der Waals surface area contributed by atoms with Crippen molar-refractivity contribution in [1.82, 2.24) is 0 Å². The standard InChI is InChI=1S/C11H5IS4/c1-4-2-5-8(13-4)10-11(14-5)9-6(15-10)3-7(12)16-9/h2-3H,1H3. The fourth-order valence-corrected chi connectivity index (χ4v) is 8.37. The lowest BCUT2D eigenvalue weighted by atomic mass is 10.4. The fourth-order valence-electron chi connectivity index (χ4n) is 1.92. The van der Waals surface area contributed by atoms with Crippen molar-refractivity contribution in [3.05, 3.63) is 19.9 Å². The zero-order valence-electron chi connectivity index (χ0n) is 8.17. The molecular formula is C11H5IS4. The molecule has 0 aromatic carbocycles. The minimum atomic E-state index is 1.40. The predicted octanol–water partition coefficient (Wildman–Crippen LogP) is 6.31. The molecule has 16 heavy (non-hydrogen) atoms. The van der Waals surface area contributed by atoms with E-state index in [1.54, 1.807) is 0 Å². The van der Waals surface area contributed by atoms with Crippen LogP contribution in [0.15, 0.2) is 12.1 Å². The first-order chi connectivity index (χ1) is 7.72. The van der Waals surface area contributed by atoms with E-state index in [1.807, 2.05) is 45.3 Å². The molecule has 4 rings (SSSR count). The summed E-state index contributed by atoms with van der Waals surface area (Å²) in [6, 6.07) is 4.63. The summed E-state index contributed by atoms with van der Waals surface area (Å²) in [6.45, 7) is 2.20. The van der Waals surface area contributed by atoms with Gasteiger partial charge in [-0.3, -0.25) is 0 Å². The van der Waals surface area contributed by atoms with Crippen LogP contribution in [0.4, 0.5) is 0 Å². The molecule has 4 heterocycles. The molecule has 80 valence electrons. The van der Waals surface area contributed by atoms with Crippen molar-refractivity contribution in [3.8, 4) is 0 Å². The van der Waals surface area contributed by atoms with Crippen LogP contribution >= 0.6 is 67.9 Å². The van der Waals surface area contributed by atoms with Gasteiger partial charge in [0, 0.05) is 14.3 Å². The largest absolute Gasteiger partial charge is 0.138 e. The average Bonchev–Trinajstić information content (AvgIpc) is 2.85. The number of fused-ring (bicyclic) bond motifs is 5. The minimum absolute atomic E-state index is 1.40. The van der Waals surface area contributed by atoms with Crippen LogP contribution in [0.3, 0.4) is 0 Å².